The number of carbonyl (C=O) groups is 1. The topological polar surface area (TPSA) is 26.3 Å². The van der Waals surface area contributed by atoms with Gasteiger partial charge in [0.15, 0.2) is 0 Å². The molecule has 0 amide bonds. The van der Waals surface area contributed by atoms with E-state index in [1.165, 1.54) is 0 Å². The maximum Gasteiger partial charge on any atom is 0.145 e. The first-order chi connectivity index (χ1) is 3.91. The third-order valence-electron chi connectivity index (χ3n) is 0.828. The molecule has 53 valence electrons. The zero-order valence-corrected chi connectivity index (χ0v) is 8.88. The van der Waals surface area contributed by atoms with Crippen LogP contribution in [0, 0.1) is 0 Å². The smallest absolute Gasteiger partial charge is 0.145 e. The fraction of sp³-hybridized carbons (Fsp3) is 0.833. The van der Waals surface area contributed by atoms with Crippen LogP contribution in [0.3, 0.4) is 0 Å². The standard InChI is InChI=1S/C6H12O2.Ta/c1-2-3-5-8-6-4-7;/h4H,2-3,5-6H2,1H3;. The first kappa shape index (κ1) is 12.1. The third kappa shape index (κ3) is 11.8. The molecule has 0 N–H and O–H groups in total. The molecule has 0 atom stereocenters. The third-order valence-corrected chi connectivity index (χ3v) is 0.828. The maximum atomic E-state index is 9.64. The Morgan fingerprint density at radius 1 is 1.56 bits per heavy atom. The molecule has 0 bridgehead atoms. The molecule has 0 aromatic carbocycles. The van der Waals surface area contributed by atoms with Gasteiger partial charge in [-0.2, -0.15) is 0 Å². The van der Waals surface area contributed by atoms with Crippen LogP contribution in [0.25, 0.3) is 0 Å². The van der Waals surface area contributed by atoms with Gasteiger partial charge in [-0.1, -0.05) is 13.3 Å². The summed E-state index contributed by atoms with van der Waals surface area (Å²) in [6.07, 6.45) is 2.95. The summed E-state index contributed by atoms with van der Waals surface area (Å²) in [5.41, 5.74) is 0. The summed E-state index contributed by atoms with van der Waals surface area (Å²) in [6.45, 7) is 3.06. The van der Waals surface area contributed by atoms with Gasteiger partial charge < -0.3 is 9.53 Å². The zero-order chi connectivity index (χ0) is 6.24. The fourth-order valence-electron chi connectivity index (χ4n) is 0.378. The van der Waals surface area contributed by atoms with Crippen molar-refractivity contribution in [3.05, 3.63) is 0 Å². The molecular weight excluding hydrogens is 285 g/mol. The van der Waals surface area contributed by atoms with E-state index in [-0.39, 0.29) is 29.0 Å². The molecule has 0 saturated carbocycles. The molecule has 3 heteroatoms. The maximum absolute atomic E-state index is 9.64. The Bertz CT molecular complexity index is 57.0. The minimum atomic E-state index is 0. The molecule has 0 aliphatic carbocycles. The average Bonchev–Trinajstić information content (AvgIpc) is 1.81. The van der Waals surface area contributed by atoms with Crippen LogP contribution in [0.15, 0.2) is 0 Å². The number of aldehydes is 1. The van der Waals surface area contributed by atoms with Crippen LogP contribution in [0.2, 0.25) is 0 Å². The normalized spacial score (nSPS) is 8.11. The molecule has 0 aliphatic rings. The minimum Gasteiger partial charge on any atom is -0.374 e. The van der Waals surface area contributed by atoms with Crippen molar-refractivity contribution in [3.63, 3.8) is 0 Å². The minimum absolute atomic E-state index is 0. The Morgan fingerprint density at radius 2 is 2.22 bits per heavy atom. The van der Waals surface area contributed by atoms with Crippen molar-refractivity contribution in [1.82, 2.24) is 0 Å². The van der Waals surface area contributed by atoms with Crippen molar-refractivity contribution >= 4 is 6.29 Å². The molecule has 0 spiro atoms. The number of hydrogen-bond acceptors (Lipinski definition) is 2. The van der Waals surface area contributed by atoms with Crippen molar-refractivity contribution in [2.45, 2.75) is 19.8 Å². The van der Waals surface area contributed by atoms with Gasteiger partial charge in [0.05, 0.1) is 0 Å². The predicted molar refractivity (Wildman–Crippen MR) is 31.8 cm³/mol. The number of hydrogen-bond donors (Lipinski definition) is 0. The second-order valence-corrected chi connectivity index (χ2v) is 1.60. The van der Waals surface area contributed by atoms with E-state index >= 15 is 0 Å². The SMILES string of the molecule is CCCCOCC=O.[Ta]. The number of rotatable bonds is 5. The Kier molecular flexibility index (Phi) is 15.0. The summed E-state index contributed by atoms with van der Waals surface area (Å²) < 4.78 is 4.86. The molecule has 9 heavy (non-hydrogen) atoms. The van der Waals surface area contributed by atoms with Crippen LogP contribution in [0.5, 0.6) is 0 Å². The van der Waals surface area contributed by atoms with Gasteiger partial charge in [0.1, 0.15) is 12.9 Å². The summed E-state index contributed by atoms with van der Waals surface area (Å²) >= 11 is 0. The Balaban J connectivity index is 0. The predicted octanol–water partition coefficient (Wildman–Crippen LogP) is 1.000. The molecule has 0 heterocycles. The van der Waals surface area contributed by atoms with E-state index in [2.05, 4.69) is 6.92 Å². The first-order valence-corrected chi connectivity index (χ1v) is 2.93. The van der Waals surface area contributed by atoms with Gasteiger partial charge >= 0.3 is 0 Å². The second kappa shape index (κ2) is 11.2. The van der Waals surface area contributed by atoms with Gasteiger partial charge in [0, 0.05) is 29.0 Å². The molecule has 0 aromatic heterocycles. The van der Waals surface area contributed by atoms with E-state index < -0.39 is 0 Å². The van der Waals surface area contributed by atoms with Crippen LogP contribution >= 0.6 is 0 Å². The van der Waals surface area contributed by atoms with Crippen LogP contribution in [0.1, 0.15) is 19.8 Å². The molecular formula is C6H12O2Ta. The van der Waals surface area contributed by atoms with Crippen LogP contribution in [0.4, 0.5) is 0 Å². The number of ether oxygens (including phenoxy) is 1. The van der Waals surface area contributed by atoms with Gasteiger partial charge in [-0.3, -0.25) is 0 Å². The molecule has 0 unspecified atom stereocenters. The van der Waals surface area contributed by atoms with Crippen LogP contribution < -0.4 is 0 Å². The largest absolute Gasteiger partial charge is 0.374 e. The Morgan fingerprint density at radius 3 is 2.67 bits per heavy atom. The van der Waals surface area contributed by atoms with E-state index in [4.69, 9.17) is 4.74 Å². The van der Waals surface area contributed by atoms with Gasteiger partial charge in [-0.25, -0.2) is 0 Å². The fourth-order valence-corrected chi connectivity index (χ4v) is 0.378. The van der Waals surface area contributed by atoms with Gasteiger partial charge in [-0.15, -0.1) is 0 Å². The van der Waals surface area contributed by atoms with Crippen molar-refractivity contribution in [3.8, 4) is 0 Å². The van der Waals surface area contributed by atoms with Crippen molar-refractivity contribution in [2.24, 2.45) is 0 Å². The molecule has 0 fully saturated rings. The van der Waals surface area contributed by atoms with Gasteiger partial charge in [-0.05, 0) is 6.42 Å². The zero-order valence-electron chi connectivity index (χ0n) is 5.67. The Labute approximate surface area is 71.5 Å². The molecule has 2 nitrogen and oxygen atoms in total. The van der Waals surface area contributed by atoms with Gasteiger partial charge in [0.25, 0.3) is 0 Å². The first-order valence-electron chi connectivity index (χ1n) is 2.93. The quantitative estimate of drug-likeness (QED) is 0.559. The average molecular weight is 297 g/mol. The number of unbranched alkanes of at least 4 members (excludes halogenated alkanes) is 1. The summed E-state index contributed by atoms with van der Waals surface area (Å²) in [5.74, 6) is 0. The molecule has 0 saturated heterocycles. The molecule has 0 rings (SSSR count). The summed E-state index contributed by atoms with van der Waals surface area (Å²) in [4.78, 5) is 9.64. The Hall–Kier alpha value is 0.370. The van der Waals surface area contributed by atoms with E-state index in [9.17, 15) is 4.79 Å². The molecule has 1 radical (unpaired) electrons. The molecule has 0 aromatic rings. The van der Waals surface area contributed by atoms with Crippen LogP contribution in [-0.4, -0.2) is 19.5 Å². The number of carbonyl (C=O) groups excluding carboxylic acids is 1. The van der Waals surface area contributed by atoms with Crippen LogP contribution in [-0.2, 0) is 31.9 Å². The summed E-state index contributed by atoms with van der Waals surface area (Å²) in [5, 5.41) is 0. The summed E-state index contributed by atoms with van der Waals surface area (Å²) in [7, 11) is 0. The van der Waals surface area contributed by atoms with E-state index in [0.29, 0.717) is 0 Å². The van der Waals surface area contributed by atoms with Gasteiger partial charge in [0.2, 0.25) is 0 Å². The summed E-state index contributed by atoms with van der Waals surface area (Å²) in [6, 6.07) is 0. The van der Waals surface area contributed by atoms with Crippen molar-refractivity contribution < 1.29 is 31.9 Å². The monoisotopic (exact) mass is 297 g/mol. The molecule has 0 aliphatic heterocycles. The van der Waals surface area contributed by atoms with E-state index in [0.717, 1.165) is 25.7 Å². The second-order valence-electron chi connectivity index (χ2n) is 1.60. The van der Waals surface area contributed by atoms with Crippen molar-refractivity contribution in [2.75, 3.05) is 13.2 Å². The van der Waals surface area contributed by atoms with Crippen molar-refractivity contribution in [1.29, 1.82) is 0 Å². The van der Waals surface area contributed by atoms with E-state index in [1.807, 2.05) is 0 Å². The van der Waals surface area contributed by atoms with E-state index in [1.54, 1.807) is 0 Å².